The smallest absolute Gasteiger partial charge is 0.261 e. The van der Waals surface area contributed by atoms with E-state index in [-0.39, 0.29) is 12.5 Å². The van der Waals surface area contributed by atoms with E-state index >= 15 is 0 Å². The summed E-state index contributed by atoms with van der Waals surface area (Å²) in [6.45, 7) is 1.98. The summed E-state index contributed by atoms with van der Waals surface area (Å²) in [5.41, 5.74) is 0. The zero-order valence-electron chi connectivity index (χ0n) is 11.4. The van der Waals surface area contributed by atoms with Crippen LogP contribution >= 0.6 is 11.3 Å². The van der Waals surface area contributed by atoms with Crippen LogP contribution in [0.1, 0.15) is 33.8 Å². The molecule has 0 aromatic carbocycles. The van der Waals surface area contributed by atoms with Crippen molar-refractivity contribution in [1.29, 1.82) is 0 Å². The molecule has 1 fully saturated rings. The van der Waals surface area contributed by atoms with Crippen LogP contribution in [0.2, 0.25) is 0 Å². The van der Waals surface area contributed by atoms with Gasteiger partial charge in [0, 0.05) is 19.6 Å². The van der Waals surface area contributed by atoms with Crippen molar-refractivity contribution < 1.29 is 14.6 Å². The Kier molecular flexibility index (Phi) is 6.06. The van der Waals surface area contributed by atoms with Gasteiger partial charge in [-0.25, -0.2) is 0 Å². The summed E-state index contributed by atoms with van der Waals surface area (Å²) in [6, 6.07) is 3.60. The van der Waals surface area contributed by atoms with E-state index in [4.69, 9.17) is 9.84 Å². The summed E-state index contributed by atoms with van der Waals surface area (Å²) in [5.74, 6) is 6.43. The van der Waals surface area contributed by atoms with E-state index in [9.17, 15) is 4.79 Å². The topological polar surface area (TPSA) is 58.6 Å². The van der Waals surface area contributed by atoms with Crippen molar-refractivity contribution in [3.05, 3.63) is 21.9 Å². The summed E-state index contributed by atoms with van der Waals surface area (Å²) >= 11 is 1.36. The molecular weight excluding hydrogens is 274 g/mol. The molecule has 1 aliphatic carbocycles. The number of thiophene rings is 1. The average Bonchev–Trinajstić information content (AvgIpc) is 3.15. The SMILES string of the molecule is O=C(NCCOCC1CC1)c1ccc(C#CCCO)s1. The summed E-state index contributed by atoms with van der Waals surface area (Å²) in [7, 11) is 0. The second kappa shape index (κ2) is 8.05. The zero-order valence-corrected chi connectivity index (χ0v) is 12.2. The van der Waals surface area contributed by atoms with Gasteiger partial charge < -0.3 is 15.2 Å². The van der Waals surface area contributed by atoms with Gasteiger partial charge in [-0.2, -0.15) is 0 Å². The lowest BCUT2D eigenvalue weighted by molar-refractivity contribution is 0.0910. The van der Waals surface area contributed by atoms with Crippen LogP contribution in [0.25, 0.3) is 0 Å². The number of nitrogens with one attached hydrogen (secondary N) is 1. The molecule has 1 aromatic heterocycles. The molecule has 4 nitrogen and oxygen atoms in total. The molecule has 1 heterocycles. The van der Waals surface area contributed by atoms with Crippen LogP contribution in [0.4, 0.5) is 0 Å². The van der Waals surface area contributed by atoms with Crippen molar-refractivity contribution in [2.24, 2.45) is 5.92 Å². The second-order valence-corrected chi connectivity index (χ2v) is 5.80. The van der Waals surface area contributed by atoms with Crippen molar-refractivity contribution >= 4 is 17.2 Å². The summed E-state index contributed by atoms with van der Waals surface area (Å²) in [5, 5.41) is 11.5. The van der Waals surface area contributed by atoms with Crippen LogP contribution in [0.3, 0.4) is 0 Å². The third-order valence-corrected chi connectivity index (χ3v) is 3.86. The molecule has 0 radical (unpaired) electrons. The van der Waals surface area contributed by atoms with Gasteiger partial charge in [0.05, 0.1) is 23.0 Å². The molecule has 20 heavy (non-hydrogen) atoms. The van der Waals surface area contributed by atoms with Gasteiger partial charge in [0.15, 0.2) is 0 Å². The fourth-order valence-corrected chi connectivity index (χ4v) is 2.39. The van der Waals surface area contributed by atoms with Crippen molar-refractivity contribution in [2.75, 3.05) is 26.4 Å². The summed E-state index contributed by atoms with van der Waals surface area (Å²) in [4.78, 5) is 13.3. The van der Waals surface area contributed by atoms with Gasteiger partial charge in [-0.15, -0.1) is 11.3 Å². The Balaban J connectivity index is 1.67. The lowest BCUT2D eigenvalue weighted by Crippen LogP contribution is -2.26. The number of carbonyl (C=O) groups is 1. The molecule has 0 aliphatic heterocycles. The molecule has 2 rings (SSSR count). The van der Waals surface area contributed by atoms with Gasteiger partial charge in [0.1, 0.15) is 0 Å². The standard InChI is InChI=1S/C15H19NO3S/c17-9-2-1-3-13-6-7-14(20-13)15(18)16-8-10-19-11-12-4-5-12/h6-7,12,17H,2,4-5,8-11H2,(H,16,18). The van der Waals surface area contributed by atoms with Gasteiger partial charge in [0.2, 0.25) is 0 Å². The number of amides is 1. The number of aliphatic hydroxyl groups excluding tert-OH is 1. The highest BCUT2D eigenvalue weighted by molar-refractivity contribution is 7.14. The lowest BCUT2D eigenvalue weighted by Gasteiger charge is -2.04. The molecule has 108 valence electrons. The Hall–Kier alpha value is -1.35. The molecule has 0 atom stereocenters. The number of ether oxygens (including phenoxy) is 1. The van der Waals surface area contributed by atoms with E-state index in [1.54, 1.807) is 6.07 Å². The second-order valence-electron chi connectivity index (χ2n) is 4.71. The van der Waals surface area contributed by atoms with Gasteiger partial charge in [-0.1, -0.05) is 11.8 Å². The number of hydrogen-bond donors (Lipinski definition) is 2. The quantitative estimate of drug-likeness (QED) is 0.593. The van der Waals surface area contributed by atoms with Crippen LogP contribution in [0, 0.1) is 17.8 Å². The van der Waals surface area contributed by atoms with Gasteiger partial charge >= 0.3 is 0 Å². The summed E-state index contributed by atoms with van der Waals surface area (Å²) in [6.07, 6.45) is 3.01. The van der Waals surface area contributed by atoms with Crippen molar-refractivity contribution in [2.45, 2.75) is 19.3 Å². The minimum atomic E-state index is -0.0831. The Morgan fingerprint density at radius 2 is 2.35 bits per heavy atom. The molecule has 1 aromatic rings. The third-order valence-electron chi connectivity index (χ3n) is 2.86. The normalized spacial score (nSPS) is 13.7. The molecule has 1 amide bonds. The molecule has 5 heteroatoms. The third kappa shape index (κ3) is 5.33. The molecule has 1 saturated carbocycles. The first kappa shape index (κ1) is 15.0. The first-order chi connectivity index (χ1) is 9.79. The predicted molar refractivity (Wildman–Crippen MR) is 78.8 cm³/mol. The average molecular weight is 293 g/mol. The largest absolute Gasteiger partial charge is 0.395 e. The highest BCUT2D eigenvalue weighted by atomic mass is 32.1. The van der Waals surface area contributed by atoms with E-state index in [2.05, 4.69) is 17.2 Å². The molecule has 0 bridgehead atoms. The molecule has 0 unspecified atom stereocenters. The first-order valence-corrected chi connectivity index (χ1v) is 7.66. The van der Waals surface area contributed by atoms with E-state index < -0.39 is 0 Å². The maximum absolute atomic E-state index is 11.9. The van der Waals surface area contributed by atoms with Gasteiger partial charge in [-0.05, 0) is 30.9 Å². The molecular formula is C15H19NO3S. The predicted octanol–water partition coefficient (Wildman–Crippen LogP) is 1.64. The van der Waals surface area contributed by atoms with Gasteiger partial charge in [0.25, 0.3) is 5.91 Å². The van der Waals surface area contributed by atoms with Crippen molar-refractivity contribution in [3.63, 3.8) is 0 Å². The minimum Gasteiger partial charge on any atom is -0.395 e. The van der Waals surface area contributed by atoms with E-state index in [1.165, 1.54) is 24.2 Å². The van der Waals surface area contributed by atoms with E-state index in [0.717, 1.165) is 17.4 Å². The number of rotatable bonds is 7. The molecule has 1 aliphatic rings. The Labute approximate surface area is 123 Å². The molecule has 0 spiro atoms. The molecule has 0 saturated heterocycles. The Morgan fingerprint density at radius 3 is 3.10 bits per heavy atom. The van der Waals surface area contributed by atoms with Crippen molar-refractivity contribution in [3.8, 4) is 11.8 Å². The van der Waals surface area contributed by atoms with Crippen LogP contribution in [-0.4, -0.2) is 37.4 Å². The maximum Gasteiger partial charge on any atom is 0.261 e. The fourth-order valence-electron chi connectivity index (χ4n) is 1.59. The highest BCUT2D eigenvalue weighted by Gasteiger charge is 2.20. The van der Waals surface area contributed by atoms with Crippen molar-refractivity contribution in [1.82, 2.24) is 5.32 Å². The van der Waals surface area contributed by atoms with Crippen LogP contribution in [0.5, 0.6) is 0 Å². The van der Waals surface area contributed by atoms with Crippen LogP contribution < -0.4 is 5.32 Å². The first-order valence-electron chi connectivity index (χ1n) is 6.85. The highest BCUT2D eigenvalue weighted by Crippen LogP contribution is 2.28. The number of hydrogen-bond acceptors (Lipinski definition) is 4. The Morgan fingerprint density at radius 1 is 1.50 bits per heavy atom. The van der Waals surface area contributed by atoms with E-state index in [1.807, 2.05) is 6.07 Å². The number of aliphatic hydroxyl groups is 1. The van der Waals surface area contributed by atoms with Gasteiger partial charge in [-0.3, -0.25) is 4.79 Å². The van der Waals surface area contributed by atoms with E-state index in [0.29, 0.717) is 24.4 Å². The monoisotopic (exact) mass is 293 g/mol. The maximum atomic E-state index is 11.9. The Bertz CT molecular complexity index is 497. The van der Waals surface area contributed by atoms with Crippen LogP contribution in [0.15, 0.2) is 12.1 Å². The lowest BCUT2D eigenvalue weighted by atomic mass is 10.4. The number of carbonyl (C=O) groups excluding carboxylic acids is 1. The minimum absolute atomic E-state index is 0.0621. The fraction of sp³-hybridized carbons (Fsp3) is 0.533. The van der Waals surface area contributed by atoms with Crippen LogP contribution in [-0.2, 0) is 4.74 Å². The molecule has 2 N–H and O–H groups in total. The summed E-state index contributed by atoms with van der Waals surface area (Å²) < 4.78 is 5.46. The zero-order chi connectivity index (χ0) is 14.2.